The number of piperazine rings is 2. The molecule has 0 spiro atoms. The number of carbonyl (C=O) groups excluding carboxylic acids is 2. The maximum Gasteiger partial charge on any atom is 0.501 e. The van der Waals surface area contributed by atoms with Crippen LogP contribution in [-0.4, -0.2) is 156 Å². The van der Waals surface area contributed by atoms with Gasteiger partial charge in [0.05, 0.1) is 23.8 Å². The van der Waals surface area contributed by atoms with Crippen LogP contribution in [0.2, 0.25) is 5.02 Å². The molecule has 0 bridgehead atoms. The molecule has 1 atom stereocenters. The number of morpholine rings is 1. The van der Waals surface area contributed by atoms with E-state index in [1.807, 2.05) is 75.4 Å². The number of rotatable bonds is 17. The quantitative estimate of drug-likeness (QED) is 0.0847. The van der Waals surface area contributed by atoms with E-state index in [1.54, 1.807) is 17.0 Å². The van der Waals surface area contributed by atoms with Crippen LogP contribution in [0, 0.1) is 0 Å². The van der Waals surface area contributed by atoms with E-state index in [1.165, 1.54) is 35.0 Å². The van der Waals surface area contributed by atoms with E-state index in [-0.39, 0.29) is 11.8 Å². The molecule has 3 aliphatic rings. The van der Waals surface area contributed by atoms with Gasteiger partial charge in [0, 0.05) is 118 Å². The van der Waals surface area contributed by atoms with Gasteiger partial charge in [-0.15, -0.1) is 11.8 Å². The minimum Gasteiger partial charge on any atom is -0.444 e. The molecule has 2 amide bonds. The number of carbonyl (C=O) groups is 2. The van der Waals surface area contributed by atoms with Gasteiger partial charge in [-0.1, -0.05) is 60.1 Å². The molecule has 3 aliphatic heterocycles. The normalized spacial score (nSPS) is 17.0. The average molecular weight is 1140 g/mol. The Morgan fingerprint density at radius 1 is 0.740 bits per heavy atom. The van der Waals surface area contributed by atoms with E-state index < -0.39 is 57.5 Å². The highest BCUT2D eigenvalue weighted by Gasteiger charge is 2.49. The largest absolute Gasteiger partial charge is 0.501 e. The van der Waals surface area contributed by atoms with Crippen LogP contribution >= 0.6 is 23.4 Å². The summed E-state index contributed by atoms with van der Waals surface area (Å²) >= 11 is 7.70. The van der Waals surface area contributed by atoms with Crippen molar-refractivity contribution >= 4 is 71.4 Å². The summed E-state index contributed by atoms with van der Waals surface area (Å²) in [6.07, 6.45) is 0.130. The topological polar surface area (TPSA) is 161 Å². The number of benzene rings is 5. The molecule has 0 radical (unpaired) electrons. The molecule has 5 aromatic carbocycles. The summed E-state index contributed by atoms with van der Waals surface area (Å²) in [6, 6.07) is 32.0. The standard InChI is InChI=1S/C55H65ClF3N7O8S3/c1-54(2,3)74-53(68)66-29-25-63(26-30-66)37-40-9-19-49(41-10-12-43(56)13-11-41)42(35-40)38-64-23-27-65(28-24-64)46-16-14-44(15-17-46)61-52(67)76(69,70)48-18-20-50(51(36-48)77(71,72)55(57,58)59)60-45(21-22-62-31-33-73-34-32-62)39-75-47-7-5-4-6-8-47/h4-20,35-36,45,60H,21-34,37-39H2,1-3H3,(H,61,67)/t45-/m1/s1. The third-order valence-corrected chi connectivity index (χ3v) is 18.0. The first-order valence-electron chi connectivity index (χ1n) is 25.5. The Morgan fingerprint density at radius 2 is 1.39 bits per heavy atom. The number of hydrogen-bond acceptors (Lipinski definition) is 14. The summed E-state index contributed by atoms with van der Waals surface area (Å²) in [6.45, 7) is 15.4. The van der Waals surface area contributed by atoms with Crippen molar-refractivity contribution in [1.82, 2.24) is 19.6 Å². The Kier molecular flexibility index (Phi) is 18.9. The number of nitrogens with zero attached hydrogens (tertiary/aromatic N) is 5. The molecule has 0 unspecified atom stereocenters. The highest BCUT2D eigenvalue weighted by molar-refractivity contribution is 8.06. The lowest BCUT2D eigenvalue weighted by atomic mass is 9.96. The molecule has 0 aliphatic carbocycles. The minimum absolute atomic E-state index is 0.112. The first-order chi connectivity index (χ1) is 36.6. The van der Waals surface area contributed by atoms with E-state index in [4.69, 9.17) is 21.1 Å². The maximum atomic E-state index is 14.3. The zero-order valence-electron chi connectivity index (χ0n) is 43.3. The van der Waals surface area contributed by atoms with Gasteiger partial charge in [0.2, 0.25) is 0 Å². The van der Waals surface area contributed by atoms with Crippen LogP contribution in [0.15, 0.2) is 130 Å². The molecule has 5 aromatic rings. The van der Waals surface area contributed by atoms with Gasteiger partial charge in [0.25, 0.3) is 19.7 Å². The second-order valence-corrected chi connectivity index (χ2v) is 25.6. The highest BCUT2D eigenvalue weighted by Crippen LogP contribution is 2.37. The Morgan fingerprint density at radius 3 is 2.04 bits per heavy atom. The molecule has 0 aromatic heterocycles. The van der Waals surface area contributed by atoms with Crippen LogP contribution < -0.4 is 15.5 Å². The van der Waals surface area contributed by atoms with Gasteiger partial charge in [0.15, 0.2) is 0 Å². The van der Waals surface area contributed by atoms with Gasteiger partial charge in [-0.3, -0.25) is 19.5 Å². The van der Waals surface area contributed by atoms with Gasteiger partial charge >= 0.3 is 16.8 Å². The van der Waals surface area contributed by atoms with Crippen LogP contribution in [0.25, 0.3) is 11.1 Å². The van der Waals surface area contributed by atoms with Gasteiger partial charge in [-0.2, -0.15) is 13.2 Å². The maximum absolute atomic E-state index is 14.3. The second-order valence-electron chi connectivity index (χ2n) is 20.3. The molecular formula is C55H65ClF3N7O8S3. The number of anilines is 3. The van der Waals surface area contributed by atoms with E-state index in [9.17, 15) is 39.6 Å². The molecule has 15 nitrogen and oxygen atoms in total. The van der Waals surface area contributed by atoms with Crippen molar-refractivity contribution < 1.29 is 49.1 Å². The zero-order valence-corrected chi connectivity index (χ0v) is 46.5. The van der Waals surface area contributed by atoms with Gasteiger partial charge in [0.1, 0.15) is 10.5 Å². The Labute approximate surface area is 458 Å². The van der Waals surface area contributed by atoms with Gasteiger partial charge in [-0.25, -0.2) is 21.6 Å². The highest BCUT2D eigenvalue weighted by atomic mass is 35.5. The third-order valence-electron chi connectivity index (χ3n) is 13.6. The summed E-state index contributed by atoms with van der Waals surface area (Å²) in [5.74, 6) is 0.348. The van der Waals surface area contributed by atoms with Gasteiger partial charge < -0.3 is 29.9 Å². The van der Waals surface area contributed by atoms with E-state index >= 15 is 0 Å². The molecule has 3 fully saturated rings. The van der Waals surface area contributed by atoms with E-state index in [0.717, 1.165) is 66.6 Å². The van der Waals surface area contributed by atoms with Crippen LogP contribution in [-0.2, 0) is 42.2 Å². The molecule has 2 N–H and O–H groups in total. The average Bonchev–Trinajstić information content (AvgIpc) is 3.41. The fourth-order valence-corrected chi connectivity index (χ4v) is 12.5. The molecule has 3 saturated heterocycles. The summed E-state index contributed by atoms with van der Waals surface area (Å²) in [5, 5.41) is 4.43. The molecule has 3 heterocycles. The van der Waals surface area contributed by atoms with Gasteiger partial charge in [-0.05, 0) is 116 Å². The fraction of sp³-hybridized carbons (Fsp3) is 0.418. The van der Waals surface area contributed by atoms with Crippen molar-refractivity contribution in [2.24, 2.45) is 0 Å². The van der Waals surface area contributed by atoms with Crippen LogP contribution in [0.3, 0.4) is 0 Å². The number of halogens is 4. The van der Waals surface area contributed by atoms with Crippen molar-refractivity contribution in [2.75, 3.05) is 106 Å². The lowest BCUT2D eigenvalue weighted by Crippen LogP contribution is -2.49. The predicted octanol–water partition coefficient (Wildman–Crippen LogP) is 9.98. The number of sulfone groups is 2. The summed E-state index contributed by atoms with van der Waals surface area (Å²) < 4.78 is 108. The lowest BCUT2D eigenvalue weighted by molar-refractivity contribution is -0.0436. The van der Waals surface area contributed by atoms with Crippen molar-refractivity contribution in [3.05, 3.63) is 131 Å². The summed E-state index contributed by atoms with van der Waals surface area (Å²) in [4.78, 5) is 35.6. The number of ether oxygens (including phenoxy) is 2. The second kappa shape index (κ2) is 25.2. The fourth-order valence-electron chi connectivity index (χ4n) is 9.34. The SMILES string of the molecule is CC(C)(C)OC(=O)N1CCN(Cc2ccc(-c3ccc(Cl)cc3)c(CN3CCN(c4ccc(NC(=O)S(=O)(=O)c5ccc(N[C@H](CCN6CCOCC6)CSc6ccccc6)c(S(=O)(=O)C(F)(F)F)c5)cc4)CC3)c2)CC1. The number of nitrogens with one attached hydrogen (secondary N) is 2. The number of thioether (sulfide) groups is 1. The Balaban J connectivity index is 0.905. The van der Waals surface area contributed by atoms with Crippen molar-refractivity contribution in [2.45, 2.75) is 72.1 Å². The molecule has 22 heteroatoms. The zero-order chi connectivity index (χ0) is 55.0. The molecule has 414 valence electrons. The molecule has 77 heavy (non-hydrogen) atoms. The van der Waals surface area contributed by atoms with Crippen molar-refractivity contribution in [3.63, 3.8) is 0 Å². The number of alkyl halides is 3. The third kappa shape index (κ3) is 15.5. The monoisotopic (exact) mass is 1140 g/mol. The summed E-state index contributed by atoms with van der Waals surface area (Å²) in [7, 11) is -11.2. The molecular weight excluding hydrogens is 1080 g/mol. The van der Waals surface area contributed by atoms with E-state index in [0.29, 0.717) is 88.8 Å². The minimum atomic E-state index is -6.10. The van der Waals surface area contributed by atoms with Crippen LogP contribution in [0.5, 0.6) is 0 Å². The van der Waals surface area contributed by atoms with Crippen LogP contribution in [0.4, 0.5) is 39.8 Å². The predicted molar refractivity (Wildman–Crippen MR) is 296 cm³/mol. The number of amides is 2. The summed E-state index contributed by atoms with van der Waals surface area (Å²) in [5.41, 5.74) is -1.32. The van der Waals surface area contributed by atoms with Crippen LogP contribution in [0.1, 0.15) is 38.3 Å². The first kappa shape index (κ1) is 57.8. The molecule has 0 saturated carbocycles. The van der Waals surface area contributed by atoms with E-state index in [2.05, 4.69) is 48.4 Å². The first-order valence-corrected chi connectivity index (χ1v) is 29.9. The Bertz CT molecular complexity index is 3040. The van der Waals surface area contributed by atoms with Crippen molar-refractivity contribution in [3.8, 4) is 11.1 Å². The lowest BCUT2D eigenvalue weighted by Gasteiger charge is -2.37. The van der Waals surface area contributed by atoms with Crippen molar-refractivity contribution in [1.29, 1.82) is 0 Å². The molecule has 8 rings (SSSR count). The number of hydrogen-bond donors (Lipinski definition) is 2. The Hall–Kier alpha value is -5.39. The smallest absolute Gasteiger partial charge is 0.444 e.